The van der Waals surface area contributed by atoms with Crippen molar-refractivity contribution >= 4 is 17.7 Å². The van der Waals surface area contributed by atoms with Crippen LogP contribution in [-0.4, -0.2) is 55.8 Å². The van der Waals surface area contributed by atoms with E-state index in [-0.39, 0.29) is 17.7 Å². The molecule has 0 saturated carbocycles. The number of carbonyl (C=O) groups is 3. The van der Waals surface area contributed by atoms with Gasteiger partial charge in [-0.3, -0.25) is 14.4 Å². The Labute approximate surface area is 241 Å². The second kappa shape index (κ2) is 14.0. The Hall–Kier alpha value is -4.08. The van der Waals surface area contributed by atoms with Crippen LogP contribution in [0.5, 0.6) is 0 Å². The molecule has 3 aromatic rings. The number of aromatic amines is 1. The number of hydrogen-bond acceptors (Lipinski definition) is 6. The molecule has 218 valence electrons. The van der Waals surface area contributed by atoms with Gasteiger partial charge in [-0.25, -0.2) is 0 Å². The quantitative estimate of drug-likeness (QED) is 0.304. The highest BCUT2D eigenvalue weighted by atomic mass is 16.2. The largest absolute Gasteiger partial charge is 0.369 e. The average Bonchev–Trinajstić information content (AvgIpc) is 3.45. The predicted octanol–water partition coefficient (Wildman–Crippen LogP) is 4.09. The van der Waals surface area contributed by atoms with Gasteiger partial charge in [-0.05, 0) is 66.0 Å². The highest BCUT2D eigenvalue weighted by Crippen LogP contribution is 2.31. The SMILES string of the molecule is CCC[C@H](C(=O)N[C@H]1CCCCN(Cc2cccc(-c3ccccc3-c3nn[nH]n3)c2)C1=O)C(CC(C)C)C(N)=O. The van der Waals surface area contributed by atoms with Gasteiger partial charge in [0.1, 0.15) is 6.04 Å². The van der Waals surface area contributed by atoms with Crippen molar-refractivity contribution in [2.24, 2.45) is 23.5 Å². The fourth-order valence-corrected chi connectivity index (χ4v) is 5.75. The van der Waals surface area contributed by atoms with Crippen molar-refractivity contribution in [3.05, 3.63) is 54.1 Å². The van der Waals surface area contributed by atoms with Gasteiger partial charge in [0.05, 0.1) is 0 Å². The van der Waals surface area contributed by atoms with Crippen LogP contribution in [0.15, 0.2) is 48.5 Å². The maximum absolute atomic E-state index is 13.7. The van der Waals surface area contributed by atoms with Crippen LogP contribution in [0.4, 0.5) is 0 Å². The molecular formula is C31H41N7O3. The number of aromatic nitrogens is 4. The molecule has 3 amide bonds. The number of rotatable bonds is 12. The van der Waals surface area contributed by atoms with Crippen molar-refractivity contribution in [2.75, 3.05) is 6.54 Å². The van der Waals surface area contributed by atoms with Crippen LogP contribution in [0.3, 0.4) is 0 Å². The van der Waals surface area contributed by atoms with Crippen molar-refractivity contribution < 1.29 is 14.4 Å². The van der Waals surface area contributed by atoms with Gasteiger partial charge in [-0.2, -0.15) is 5.21 Å². The van der Waals surface area contributed by atoms with Crippen molar-refractivity contribution in [3.63, 3.8) is 0 Å². The van der Waals surface area contributed by atoms with E-state index in [4.69, 9.17) is 5.73 Å². The van der Waals surface area contributed by atoms with Crippen LogP contribution in [-0.2, 0) is 20.9 Å². The first-order chi connectivity index (χ1) is 19.8. The van der Waals surface area contributed by atoms with Crippen molar-refractivity contribution in [2.45, 2.75) is 71.9 Å². The molecule has 41 heavy (non-hydrogen) atoms. The number of H-pyrrole nitrogens is 1. The monoisotopic (exact) mass is 559 g/mol. The molecule has 1 saturated heterocycles. The second-order valence-corrected chi connectivity index (χ2v) is 11.3. The van der Waals surface area contributed by atoms with Gasteiger partial charge in [0, 0.05) is 30.5 Å². The zero-order valence-corrected chi connectivity index (χ0v) is 24.2. The Balaban J connectivity index is 1.51. The summed E-state index contributed by atoms with van der Waals surface area (Å²) in [4.78, 5) is 41.3. The molecule has 1 aromatic heterocycles. The molecule has 1 aliphatic rings. The predicted molar refractivity (Wildman–Crippen MR) is 157 cm³/mol. The zero-order valence-electron chi connectivity index (χ0n) is 24.2. The zero-order chi connectivity index (χ0) is 29.4. The molecule has 0 bridgehead atoms. The first kappa shape index (κ1) is 29.9. The van der Waals surface area contributed by atoms with Crippen LogP contribution in [0, 0.1) is 17.8 Å². The van der Waals surface area contributed by atoms with Gasteiger partial charge in [0.2, 0.25) is 23.5 Å². The van der Waals surface area contributed by atoms with E-state index in [2.05, 4.69) is 32.0 Å². The van der Waals surface area contributed by atoms with Crippen LogP contribution >= 0.6 is 0 Å². The number of tetrazole rings is 1. The van der Waals surface area contributed by atoms with E-state index in [1.807, 2.05) is 68.1 Å². The summed E-state index contributed by atoms with van der Waals surface area (Å²) in [5.41, 5.74) is 9.53. The summed E-state index contributed by atoms with van der Waals surface area (Å²) in [5, 5.41) is 17.5. The topological polar surface area (TPSA) is 147 Å². The third kappa shape index (κ3) is 7.56. The highest BCUT2D eigenvalue weighted by molar-refractivity contribution is 5.91. The first-order valence-corrected chi connectivity index (χ1v) is 14.6. The molecule has 4 N–H and O–H groups in total. The summed E-state index contributed by atoms with van der Waals surface area (Å²) in [5.74, 6) is -1.16. The number of nitrogens with two attached hydrogens (primary N) is 1. The lowest BCUT2D eigenvalue weighted by molar-refractivity contribution is -0.139. The minimum atomic E-state index is -0.626. The molecule has 0 radical (unpaired) electrons. The summed E-state index contributed by atoms with van der Waals surface area (Å²) >= 11 is 0. The van der Waals surface area contributed by atoms with Crippen LogP contribution in [0.25, 0.3) is 22.5 Å². The number of carbonyl (C=O) groups excluding carboxylic acids is 3. The summed E-state index contributed by atoms with van der Waals surface area (Å²) in [6.45, 7) is 7.06. The van der Waals surface area contributed by atoms with E-state index in [0.717, 1.165) is 41.5 Å². The fourth-order valence-electron chi connectivity index (χ4n) is 5.75. The third-order valence-corrected chi connectivity index (χ3v) is 7.73. The number of likely N-dealkylation sites (tertiary alicyclic amines) is 1. The summed E-state index contributed by atoms with van der Waals surface area (Å²) in [7, 11) is 0. The molecule has 1 aliphatic heterocycles. The average molecular weight is 560 g/mol. The molecule has 4 rings (SSSR count). The lowest BCUT2D eigenvalue weighted by Gasteiger charge is -2.29. The molecule has 2 aromatic carbocycles. The normalized spacial score (nSPS) is 17.2. The van der Waals surface area contributed by atoms with Gasteiger partial charge in [-0.1, -0.05) is 69.7 Å². The molecule has 10 heteroatoms. The number of hydrogen-bond donors (Lipinski definition) is 3. The van der Waals surface area contributed by atoms with Gasteiger partial charge in [0.15, 0.2) is 0 Å². The van der Waals surface area contributed by atoms with E-state index >= 15 is 0 Å². The standard InChI is InChI=1S/C31H41N7O3/c1-4-10-25(26(28(32)39)17-20(2)3)30(40)33-27-15-7-8-16-38(31(27)41)19-21-11-9-12-22(18-21)23-13-5-6-14-24(23)29-34-36-37-35-29/h5-6,9,11-14,18,20,25-27H,4,7-8,10,15-17,19H2,1-3H3,(H2,32,39)(H,33,40)(H,34,35,36,37)/t25-,26?,27-/m0/s1. The molecule has 10 nitrogen and oxygen atoms in total. The molecular weight excluding hydrogens is 518 g/mol. The molecule has 1 unspecified atom stereocenters. The molecule has 0 spiro atoms. The first-order valence-electron chi connectivity index (χ1n) is 14.6. The van der Waals surface area contributed by atoms with Gasteiger partial charge in [-0.15, -0.1) is 10.2 Å². The minimum absolute atomic E-state index is 0.0943. The van der Waals surface area contributed by atoms with Gasteiger partial charge >= 0.3 is 0 Å². The molecule has 3 atom stereocenters. The van der Waals surface area contributed by atoms with E-state index < -0.39 is 23.8 Å². The van der Waals surface area contributed by atoms with Gasteiger partial charge < -0.3 is 16.0 Å². The van der Waals surface area contributed by atoms with E-state index in [0.29, 0.717) is 38.2 Å². The molecule has 1 fully saturated rings. The lowest BCUT2D eigenvalue weighted by Crippen LogP contribution is -2.50. The van der Waals surface area contributed by atoms with Crippen LogP contribution < -0.4 is 11.1 Å². The number of nitrogens with zero attached hydrogens (tertiary/aromatic N) is 4. The summed E-state index contributed by atoms with van der Waals surface area (Å²) < 4.78 is 0. The van der Waals surface area contributed by atoms with Crippen LogP contribution in [0.1, 0.15) is 64.9 Å². The maximum atomic E-state index is 13.7. The summed E-state index contributed by atoms with van der Waals surface area (Å²) in [6.07, 6.45) is 4.10. The molecule has 2 heterocycles. The number of benzene rings is 2. The fraction of sp³-hybridized carbons (Fsp3) is 0.484. The third-order valence-electron chi connectivity index (χ3n) is 7.73. The number of nitrogens with one attached hydrogen (secondary N) is 2. The minimum Gasteiger partial charge on any atom is -0.369 e. The van der Waals surface area contributed by atoms with Gasteiger partial charge in [0.25, 0.3) is 0 Å². The Kier molecular flexibility index (Phi) is 10.2. The summed E-state index contributed by atoms with van der Waals surface area (Å²) in [6, 6.07) is 15.3. The molecule has 0 aliphatic carbocycles. The maximum Gasteiger partial charge on any atom is 0.245 e. The number of amides is 3. The van der Waals surface area contributed by atoms with Crippen molar-refractivity contribution in [3.8, 4) is 22.5 Å². The highest BCUT2D eigenvalue weighted by Gasteiger charge is 2.35. The van der Waals surface area contributed by atoms with Crippen LogP contribution in [0.2, 0.25) is 0 Å². The Morgan fingerprint density at radius 2 is 1.88 bits per heavy atom. The van der Waals surface area contributed by atoms with E-state index in [1.54, 1.807) is 0 Å². The number of primary amides is 1. The Morgan fingerprint density at radius 3 is 2.56 bits per heavy atom. The Morgan fingerprint density at radius 1 is 1.10 bits per heavy atom. The van der Waals surface area contributed by atoms with Crippen molar-refractivity contribution in [1.29, 1.82) is 0 Å². The van der Waals surface area contributed by atoms with E-state index in [9.17, 15) is 14.4 Å². The smallest absolute Gasteiger partial charge is 0.245 e. The second-order valence-electron chi connectivity index (χ2n) is 11.3. The van der Waals surface area contributed by atoms with Crippen molar-refractivity contribution in [1.82, 2.24) is 30.8 Å². The van der Waals surface area contributed by atoms with E-state index in [1.165, 1.54) is 0 Å². The Bertz CT molecular complexity index is 1320. The lowest BCUT2D eigenvalue weighted by atomic mass is 9.81.